The first-order valence-corrected chi connectivity index (χ1v) is 8.83. The van der Waals surface area contributed by atoms with Gasteiger partial charge in [0.2, 0.25) is 11.8 Å². The summed E-state index contributed by atoms with van der Waals surface area (Å²) in [4.78, 5) is 39.8. The van der Waals surface area contributed by atoms with Gasteiger partial charge < -0.3 is 10.2 Å². The van der Waals surface area contributed by atoms with E-state index in [0.29, 0.717) is 50.4 Å². The van der Waals surface area contributed by atoms with Crippen molar-refractivity contribution < 1.29 is 18.8 Å². The predicted octanol–water partition coefficient (Wildman–Crippen LogP) is 0.517. The van der Waals surface area contributed by atoms with Crippen LogP contribution in [-0.4, -0.2) is 78.0 Å². The molecule has 0 bridgehead atoms. The Morgan fingerprint density at radius 1 is 1.11 bits per heavy atom. The molecule has 0 unspecified atom stereocenters. The highest BCUT2D eigenvalue weighted by Gasteiger charge is 2.28. The van der Waals surface area contributed by atoms with Gasteiger partial charge in [-0.3, -0.25) is 19.3 Å². The molecule has 1 N–H and O–H groups in total. The van der Waals surface area contributed by atoms with Gasteiger partial charge in [-0.15, -0.1) is 0 Å². The minimum atomic E-state index is -0.355. The molecule has 144 valence electrons. The average molecular weight is 375 g/mol. The number of rotatable bonds is 4. The van der Waals surface area contributed by atoms with E-state index in [1.165, 1.54) is 29.3 Å². The smallest absolute Gasteiger partial charge is 0.270 e. The maximum atomic E-state index is 12.9. The Morgan fingerprint density at radius 3 is 2.41 bits per heavy atom. The lowest BCUT2D eigenvalue weighted by Gasteiger charge is -2.35. The minimum Gasteiger partial charge on any atom is -0.335 e. The van der Waals surface area contributed by atoms with Gasteiger partial charge in [0.25, 0.3) is 5.91 Å². The van der Waals surface area contributed by atoms with Crippen LogP contribution in [0.2, 0.25) is 0 Å². The van der Waals surface area contributed by atoms with Crippen molar-refractivity contribution in [1.29, 1.82) is 0 Å². The van der Waals surface area contributed by atoms with E-state index in [0.717, 1.165) is 0 Å². The quantitative estimate of drug-likeness (QED) is 0.831. The zero-order valence-electron chi connectivity index (χ0n) is 15.2. The molecule has 0 aromatic heterocycles. The fraction of sp³-hybridized carbons (Fsp3) is 0.444. The first-order valence-electron chi connectivity index (χ1n) is 8.83. The SMILES string of the molecule is CN1N=C(C(=O)N2CCN(CC(=O)Nc3ccc(F)cc3)CC2)CCC1=O. The van der Waals surface area contributed by atoms with Gasteiger partial charge in [0.15, 0.2) is 0 Å². The van der Waals surface area contributed by atoms with Crippen molar-refractivity contribution in [3.63, 3.8) is 0 Å². The highest BCUT2D eigenvalue weighted by atomic mass is 19.1. The van der Waals surface area contributed by atoms with Gasteiger partial charge in [0.05, 0.1) is 6.54 Å². The molecule has 0 aliphatic carbocycles. The third-order valence-corrected chi connectivity index (χ3v) is 4.61. The zero-order chi connectivity index (χ0) is 19.4. The number of nitrogens with zero attached hydrogens (tertiary/aromatic N) is 4. The molecule has 27 heavy (non-hydrogen) atoms. The molecular weight excluding hydrogens is 353 g/mol. The summed E-state index contributed by atoms with van der Waals surface area (Å²) < 4.78 is 12.9. The highest BCUT2D eigenvalue weighted by molar-refractivity contribution is 6.39. The van der Waals surface area contributed by atoms with Crippen molar-refractivity contribution in [3.05, 3.63) is 30.1 Å². The number of piperazine rings is 1. The van der Waals surface area contributed by atoms with Gasteiger partial charge in [0, 0.05) is 51.8 Å². The topological polar surface area (TPSA) is 85.3 Å². The Morgan fingerprint density at radius 2 is 1.78 bits per heavy atom. The molecular formula is C18H22FN5O3. The van der Waals surface area contributed by atoms with E-state index in [-0.39, 0.29) is 30.1 Å². The largest absolute Gasteiger partial charge is 0.335 e. The van der Waals surface area contributed by atoms with Crippen molar-refractivity contribution in [1.82, 2.24) is 14.8 Å². The second-order valence-electron chi connectivity index (χ2n) is 6.59. The normalized spacial score (nSPS) is 18.3. The lowest BCUT2D eigenvalue weighted by Crippen LogP contribution is -2.52. The van der Waals surface area contributed by atoms with Crippen LogP contribution in [-0.2, 0) is 14.4 Å². The number of carbonyl (C=O) groups is 3. The Balaban J connectivity index is 1.46. The van der Waals surface area contributed by atoms with Gasteiger partial charge >= 0.3 is 0 Å². The first-order chi connectivity index (χ1) is 12.9. The predicted molar refractivity (Wildman–Crippen MR) is 97.5 cm³/mol. The molecule has 1 aromatic rings. The van der Waals surface area contributed by atoms with E-state index in [1.54, 1.807) is 11.9 Å². The lowest BCUT2D eigenvalue weighted by atomic mass is 10.1. The number of halogens is 1. The van der Waals surface area contributed by atoms with Gasteiger partial charge in [0.1, 0.15) is 11.5 Å². The average Bonchev–Trinajstić information content (AvgIpc) is 2.66. The van der Waals surface area contributed by atoms with Gasteiger partial charge in [-0.1, -0.05) is 0 Å². The number of hydrogen-bond donors (Lipinski definition) is 1. The van der Waals surface area contributed by atoms with Crippen molar-refractivity contribution >= 4 is 29.1 Å². The second kappa shape index (κ2) is 8.26. The summed E-state index contributed by atoms with van der Waals surface area (Å²) in [6, 6.07) is 5.60. The third kappa shape index (κ3) is 4.88. The van der Waals surface area contributed by atoms with Crippen molar-refractivity contribution in [2.45, 2.75) is 12.8 Å². The summed E-state index contributed by atoms with van der Waals surface area (Å²) >= 11 is 0. The Labute approximate surface area is 156 Å². The molecule has 3 rings (SSSR count). The van der Waals surface area contributed by atoms with Crippen molar-refractivity contribution in [2.24, 2.45) is 5.10 Å². The first kappa shape index (κ1) is 19.0. The second-order valence-corrected chi connectivity index (χ2v) is 6.59. The molecule has 3 amide bonds. The van der Waals surface area contributed by atoms with Crippen LogP contribution in [0.3, 0.4) is 0 Å². The molecule has 1 fully saturated rings. The number of hydrogen-bond acceptors (Lipinski definition) is 5. The molecule has 1 saturated heterocycles. The van der Waals surface area contributed by atoms with E-state index in [2.05, 4.69) is 10.4 Å². The van der Waals surface area contributed by atoms with E-state index >= 15 is 0 Å². The van der Waals surface area contributed by atoms with Gasteiger partial charge in [-0.2, -0.15) is 5.10 Å². The summed E-state index contributed by atoms with van der Waals surface area (Å²) in [5, 5.41) is 8.01. The van der Waals surface area contributed by atoms with Crippen LogP contribution in [0.5, 0.6) is 0 Å². The van der Waals surface area contributed by atoms with Gasteiger partial charge in [-0.05, 0) is 24.3 Å². The molecule has 0 spiro atoms. The molecule has 2 heterocycles. The van der Waals surface area contributed by atoms with Crippen LogP contribution in [0, 0.1) is 5.82 Å². The zero-order valence-corrected chi connectivity index (χ0v) is 15.2. The summed E-state index contributed by atoms with van der Waals surface area (Å²) in [6.07, 6.45) is 0.660. The number of carbonyl (C=O) groups excluding carboxylic acids is 3. The molecule has 9 heteroatoms. The van der Waals surface area contributed by atoms with Crippen molar-refractivity contribution in [2.75, 3.05) is 45.1 Å². The molecule has 2 aliphatic rings. The number of nitrogens with one attached hydrogen (secondary N) is 1. The van der Waals surface area contributed by atoms with Crippen LogP contribution in [0.1, 0.15) is 12.8 Å². The van der Waals surface area contributed by atoms with Crippen LogP contribution in [0.25, 0.3) is 0 Å². The minimum absolute atomic E-state index is 0.0939. The van der Waals surface area contributed by atoms with E-state index < -0.39 is 0 Å². The van der Waals surface area contributed by atoms with E-state index in [9.17, 15) is 18.8 Å². The Bertz CT molecular complexity index is 757. The van der Waals surface area contributed by atoms with Crippen LogP contribution >= 0.6 is 0 Å². The summed E-state index contributed by atoms with van der Waals surface area (Å²) in [7, 11) is 1.55. The van der Waals surface area contributed by atoms with E-state index in [4.69, 9.17) is 0 Å². The Kier molecular flexibility index (Phi) is 5.80. The van der Waals surface area contributed by atoms with Crippen LogP contribution in [0.4, 0.5) is 10.1 Å². The molecule has 1 aromatic carbocycles. The third-order valence-electron chi connectivity index (χ3n) is 4.61. The summed E-state index contributed by atoms with van der Waals surface area (Å²) in [5.41, 5.74) is 0.948. The molecule has 0 radical (unpaired) electrons. The van der Waals surface area contributed by atoms with E-state index in [1.807, 2.05) is 4.90 Å². The molecule has 2 aliphatic heterocycles. The standard InChI is InChI=1S/C18H22FN5O3/c1-22-17(26)7-6-15(21-22)18(27)24-10-8-23(9-11-24)12-16(25)20-14-4-2-13(19)3-5-14/h2-5H,6-12H2,1H3,(H,20,25). The number of benzene rings is 1. The summed E-state index contributed by atoms with van der Waals surface area (Å²) in [6.45, 7) is 2.35. The monoisotopic (exact) mass is 375 g/mol. The summed E-state index contributed by atoms with van der Waals surface area (Å²) in [5.74, 6) is -0.779. The van der Waals surface area contributed by atoms with Crippen molar-refractivity contribution in [3.8, 4) is 0 Å². The lowest BCUT2D eigenvalue weighted by molar-refractivity contribution is -0.131. The molecule has 8 nitrogen and oxygen atoms in total. The highest BCUT2D eigenvalue weighted by Crippen LogP contribution is 2.12. The fourth-order valence-corrected chi connectivity index (χ4v) is 3.05. The maximum absolute atomic E-state index is 12.9. The fourth-order valence-electron chi connectivity index (χ4n) is 3.05. The van der Waals surface area contributed by atoms with Gasteiger partial charge in [-0.25, -0.2) is 9.40 Å². The molecule has 0 atom stereocenters. The maximum Gasteiger partial charge on any atom is 0.270 e. The number of amides is 3. The Hall–Kier alpha value is -2.81. The molecule has 0 saturated carbocycles. The van der Waals surface area contributed by atoms with Crippen LogP contribution in [0.15, 0.2) is 29.4 Å². The number of hydrazone groups is 1. The number of anilines is 1. The van der Waals surface area contributed by atoms with Crippen LogP contribution < -0.4 is 5.32 Å².